The summed E-state index contributed by atoms with van der Waals surface area (Å²) in [7, 11) is 0. The maximum atomic E-state index is 11.8. The Balaban J connectivity index is 2.12. The molecular weight excluding hydrogens is 196 g/mol. The third-order valence-electron chi connectivity index (χ3n) is 2.59. The van der Waals surface area contributed by atoms with E-state index in [0.29, 0.717) is 0 Å². The van der Waals surface area contributed by atoms with Gasteiger partial charge in [0.2, 0.25) is 5.95 Å². The number of nitrogen functional groups attached to an aromatic ring is 1. The molecule has 1 aliphatic carbocycles. The Hall–Kier alpha value is -1.98. The maximum Gasteiger partial charge on any atom is 0.280 e. The summed E-state index contributed by atoms with van der Waals surface area (Å²) in [6.45, 7) is 0. The van der Waals surface area contributed by atoms with E-state index >= 15 is 0 Å². The van der Waals surface area contributed by atoms with Crippen LogP contribution in [0.3, 0.4) is 0 Å². The van der Waals surface area contributed by atoms with Crippen LogP contribution in [0.4, 0.5) is 5.95 Å². The average Bonchev–Trinajstić information content (AvgIpc) is 2.98. The maximum absolute atomic E-state index is 11.8. The number of aromatic nitrogens is 2. The van der Waals surface area contributed by atoms with E-state index in [-0.39, 0.29) is 35.1 Å². The second kappa shape index (κ2) is 2.53. The molecule has 6 nitrogen and oxygen atoms in total. The summed E-state index contributed by atoms with van der Waals surface area (Å²) in [5.41, 5.74) is 5.77. The standard InChI is InChI=1S/C9H8N4O2/c10-9-11-3-5-6(12-9)8(15)13(7(5)14)4-1-2-4/h3-4H,1-2H2,(H2,10,11,12). The fraction of sp³-hybridized carbons (Fsp3) is 0.333. The van der Waals surface area contributed by atoms with Crippen molar-refractivity contribution in [2.24, 2.45) is 0 Å². The van der Waals surface area contributed by atoms with Crippen LogP contribution in [0.25, 0.3) is 0 Å². The highest BCUT2D eigenvalue weighted by Crippen LogP contribution is 2.33. The van der Waals surface area contributed by atoms with Crippen molar-refractivity contribution in [1.82, 2.24) is 14.9 Å². The van der Waals surface area contributed by atoms with Gasteiger partial charge in [-0.1, -0.05) is 0 Å². The molecule has 0 spiro atoms. The van der Waals surface area contributed by atoms with E-state index in [1.807, 2.05) is 0 Å². The average molecular weight is 204 g/mol. The molecule has 0 radical (unpaired) electrons. The highest BCUT2D eigenvalue weighted by atomic mass is 16.2. The lowest BCUT2D eigenvalue weighted by Gasteiger charge is -2.10. The number of fused-ring (bicyclic) bond motifs is 1. The molecule has 2 aliphatic rings. The number of hydrogen-bond acceptors (Lipinski definition) is 5. The van der Waals surface area contributed by atoms with E-state index in [9.17, 15) is 9.59 Å². The number of rotatable bonds is 1. The topological polar surface area (TPSA) is 89.2 Å². The van der Waals surface area contributed by atoms with Crippen molar-refractivity contribution in [2.45, 2.75) is 18.9 Å². The molecule has 0 atom stereocenters. The lowest BCUT2D eigenvalue weighted by molar-refractivity contribution is 0.0641. The van der Waals surface area contributed by atoms with Crippen molar-refractivity contribution in [3.8, 4) is 0 Å². The second-order valence-corrected chi connectivity index (χ2v) is 3.70. The van der Waals surface area contributed by atoms with Gasteiger partial charge < -0.3 is 5.73 Å². The first kappa shape index (κ1) is 8.34. The van der Waals surface area contributed by atoms with Crippen molar-refractivity contribution >= 4 is 17.8 Å². The zero-order valence-electron chi connectivity index (χ0n) is 7.80. The van der Waals surface area contributed by atoms with E-state index in [1.54, 1.807) is 0 Å². The van der Waals surface area contributed by atoms with Gasteiger partial charge in [0.05, 0.1) is 5.56 Å². The first-order valence-corrected chi connectivity index (χ1v) is 4.69. The van der Waals surface area contributed by atoms with Gasteiger partial charge in [-0.2, -0.15) is 0 Å². The molecule has 1 fully saturated rings. The molecular formula is C9H8N4O2. The number of nitrogens with two attached hydrogens (primary N) is 1. The number of amides is 2. The summed E-state index contributed by atoms with van der Waals surface area (Å²) in [6.07, 6.45) is 3.09. The van der Waals surface area contributed by atoms with E-state index < -0.39 is 0 Å². The predicted octanol–water partition coefficient (Wildman–Crippen LogP) is -0.183. The monoisotopic (exact) mass is 204 g/mol. The molecule has 2 N–H and O–H groups in total. The van der Waals surface area contributed by atoms with Crippen molar-refractivity contribution < 1.29 is 9.59 Å². The van der Waals surface area contributed by atoms with Gasteiger partial charge in [0, 0.05) is 12.2 Å². The Bertz CT molecular complexity index is 481. The first-order chi connectivity index (χ1) is 7.18. The third kappa shape index (κ3) is 1.04. The molecule has 0 bridgehead atoms. The Morgan fingerprint density at radius 1 is 1.33 bits per heavy atom. The molecule has 0 saturated heterocycles. The molecule has 0 aromatic carbocycles. The first-order valence-electron chi connectivity index (χ1n) is 4.69. The highest BCUT2D eigenvalue weighted by molar-refractivity contribution is 6.20. The van der Waals surface area contributed by atoms with Crippen LogP contribution >= 0.6 is 0 Å². The number of carbonyl (C=O) groups is 2. The Morgan fingerprint density at radius 2 is 2.07 bits per heavy atom. The molecule has 76 valence electrons. The van der Waals surface area contributed by atoms with Crippen LogP contribution in [0.1, 0.15) is 33.7 Å². The minimum atomic E-state index is -0.341. The van der Waals surface area contributed by atoms with Crippen LogP contribution in [-0.4, -0.2) is 32.7 Å². The molecule has 1 saturated carbocycles. The lowest BCUT2D eigenvalue weighted by atomic mass is 10.3. The molecule has 15 heavy (non-hydrogen) atoms. The molecule has 2 amide bonds. The second-order valence-electron chi connectivity index (χ2n) is 3.70. The summed E-state index contributed by atoms with van der Waals surface area (Å²) in [4.78, 5) is 32.4. The number of nitrogens with zero attached hydrogens (tertiary/aromatic N) is 3. The van der Waals surface area contributed by atoms with Gasteiger partial charge in [0.1, 0.15) is 5.69 Å². The summed E-state index contributed by atoms with van der Waals surface area (Å²) in [5, 5.41) is 0. The zero-order valence-corrected chi connectivity index (χ0v) is 7.80. The molecule has 1 aliphatic heterocycles. The van der Waals surface area contributed by atoms with Crippen LogP contribution in [0.15, 0.2) is 6.20 Å². The molecule has 2 heterocycles. The Labute approximate surface area is 85.1 Å². The summed E-state index contributed by atoms with van der Waals surface area (Å²) < 4.78 is 0. The van der Waals surface area contributed by atoms with Crippen molar-refractivity contribution in [3.63, 3.8) is 0 Å². The summed E-state index contributed by atoms with van der Waals surface area (Å²) >= 11 is 0. The molecule has 1 aromatic heterocycles. The van der Waals surface area contributed by atoms with Gasteiger partial charge in [0.25, 0.3) is 11.8 Å². The van der Waals surface area contributed by atoms with Gasteiger partial charge in [-0.05, 0) is 12.8 Å². The van der Waals surface area contributed by atoms with Crippen molar-refractivity contribution in [1.29, 1.82) is 0 Å². The molecule has 0 unspecified atom stereocenters. The van der Waals surface area contributed by atoms with Gasteiger partial charge in [-0.3, -0.25) is 14.5 Å². The minimum Gasteiger partial charge on any atom is -0.368 e. The fourth-order valence-electron chi connectivity index (χ4n) is 1.72. The fourth-order valence-corrected chi connectivity index (χ4v) is 1.72. The number of imide groups is 1. The lowest BCUT2D eigenvalue weighted by Crippen LogP contribution is -2.31. The number of carbonyl (C=O) groups excluding carboxylic acids is 2. The van der Waals surface area contributed by atoms with E-state index in [0.717, 1.165) is 12.8 Å². The van der Waals surface area contributed by atoms with Gasteiger partial charge in [-0.25, -0.2) is 9.97 Å². The summed E-state index contributed by atoms with van der Waals surface area (Å²) in [5.74, 6) is -0.614. The smallest absolute Gasteiger partial charge is 0.280 e. The quantitative estimate of drug-likeness (QED) is 0.641. The van der Waals surface area contributed by atoms with Gasteiger partial charge in [0.15, 0.2) is 0 Å². The van der Waals surface area contributed by atoms with Crippen LogP contribution < -0.4 is 5.73 Å². The summed E-state index contributed by atoms with van der Waals surface area (Å²) in [6, 6.07) is 0.0559. The van der Waals surface area contributed by atoms with Crippen molar-refractivity contribution in [2.75, 3.05) is 5.73 Å². The van der Waals surface area contributed by atoms with E-state index in [4.69, 9.17) is 5.73 Å². The van der Waals surface area contributed by atoms with E-state index in [1.165, 1.54) is 11.1 Å². The third-order valence-corrected chi connectivity index (χ3v) is 2.59. The highest BCUT2D eigenvalue weighted by Gasteiger charge is 2.45. The number of anilines is 1. The Kier molecular flexibility index (Phi) is 1.41. The molecule has 6 heteroatoms. The predicted molar refractivity (Wildman–Crippen MR) is 50.0 cm³/mol. The van der Waals surface area contributed by atoms with Crippen LogP contribution in [0, 0.1) is 0 Å². The van der Waals surface area contributed by atoms with Crippen molar-refractivity contribution in [3.05, 3.63) is 17.5 Å². The van der Waals surface area contributed by atoms with Crippen LogP contribution in [-0.2, 0) is 0 Å². The largest absolute Gasteiger partial charge is 0.368 e. The van der Waals surface area contributed by atoms with E-state index in [2.05, 4.69) is 9.97 Å². The zero-order chi connectivity index (χ0) is 10.6. The SMILES string of the molecule is Nc1ncc2c(n1)C(=O)N(C1CC1)C2=O. The number of hydrogen-bond donors (Lipinski definition) is 1. The minimum absolute atomic E-state index is 0.0209. The molecule has 3 rings (SSSR count). The normalized spacial score (nSPS) is 19.6. The van der Waals surface area contributed by atoms with Gasteiger partial charge >= 0.3 is 0 Å². The Morgan fingerprint density at radius 3 is 2.73 bits per heavy atom. The van der Waals surface area contributed by atoms with Crippen LogP contribution in [0.5, 0.6) is 0 Å². The van der Waals surface area contributed by atoms with Crippen LogP contribution in [0.2, 0.25) is 0 Å². The molecule has 1 aromatic rings. The van der Waals surface area contributed by atoms with Gasteiger partial charge in [-0.15, -0.1) is 0 Å².